The zero-order chi connectivity index (χ0) is 19.1. The van der Waals surface area contributed by atoms with Crippen molar-refractivity contribution >= 4 is 28.4 Å². The number of anilines is 1. The molecule has 1 N–H and O–H groups in total. The van der Waals surface area contributed by atoms with Crippen LogP contribution in [-0.2, 0) is 24.2 Å². The van der Waals surface area contributed by atoms with Gasteiger partial charge in [-0.2, -0.15) is 5.10 Å². The van der Waals surface area contributed by atoms with Gasteiger partial charge in [-0.15, -0.1) is 11.3 Å². The number of benzene rings is 1. The summed E-state index contributed by atoms with van der Waals surface area (Å²) in [6.07, 6.45) is 6.64. The Bertz CT molecular complexity index is 1240. The molecule has 4 aromatic rings. The molecule has 5 rings (SSSR count). The van der Waals surface area contributed by atoms with Crippen LogP contribution in [0.25, 0.3) is 16.1 Å². The van der Waals surface area contributed by atoms with Gasteiger partial charge in [0.2, 0.25) is 5.91 Å². The maximum atomic E-state index is 12.8. The summed E-state index contributed by atoms with van der Waals surface area (Å²) in [5.41, 5.74) is 4.42. The third kappa shape index (κ3) is 3.03. The van der Waals surface area contributed by atoms with Gasteiger partial charge >= 0.3 is 0 Å². The number of fused-ring (bicyclic) bond motifs is 2. The smallest absolute Gasteiger partial charge is 0.277 e. The molecule has 140 valence electrons. The van der Waals surface area contributed by atoms with Crippen molar-refractivity contribution in [3.05, 3.63) is 75.7 Å². The first-order chi connectivity index (χ1) is 13.7. The van der Waals surface area contributed by atoms with Gasteiger partial charge in [-0.3, -0.25) is 9.59 Å². The van der Waals surface area contributed by atoms with Crippen LogP contribution in [0.2, 0.25) is 0 Å². The van der Waals surface area contributed by atoms with Gasteiger partial charge in [0.1, 0.15) is 17.8 Å². The topological polar surface area (TPSA) is 68.4 Å². The number of hydrogen-bond acceptors (Lipinski definition) is 4. The molecule has 0 radical (unpaired) electrons. The van der Waals surface area contributed by atoms with Gasteiger partial charge in [-0.25, -0.2) is 4.52 Å². The summed E-state index contributed by atoms with van der Waals surface area (Å²) in [6, 6.07) is 11.7. The van der Waals surface area contributed by atoms with Gasteiger partial charge in [0, 0.05) is 18.1 Å². The second-order valence-corrected chi connectivity index (χ2v) is 7.90. The molecule has 3 heterocycles. The first kappa shape index (κ1) is 16.9. The highest BCUT2D eigenvalue weighted by molar-refractivity contribution is 7.13. The predicted molar refractivity (Wildman–Crippen MR) is 110 cm³/mol. The van der Waals surface area contributed by atoms with Crippen molar-refractivity contribution in [1.82, 2.24) is 14.2 Å². The third-order valence-electron chi connectivity index (χ3n) is 5.07. The van der Waals surface area contributed by atoms with E-state index >= 15 is 0 Å². The molecule has 0 atom stereocenters. The number of nitrogens with one attached hydrogen (secondary N) is 1. The molecule has 3 aromatic heterocycles. The molecule has 0 unspecified atom stereocenters. The molecule has 6 nitrogen and oxygen atoms in total. The lowest BCUT2D eigenvalue weighted by atomic mass is 10.1. The highest BCUT2D eigenvalue weighted by Crippen LogP contribution is 2.25. The summed E-state index contributed by atoms with van der Waals surface area (Å²) in [5, 5.41) is 9.33. The largest absolute Gasteiger partial charge is 0.325 e. The van der Waals surface area contributed by atoms with Crippen molar-refractivity contribution in [2.75, 3.05) is 5.32 Å². The van der Waals surface area contributed by atoms with E-state index in [4.69, 9.17) is 0 Å². The van der Waals surface area contributed by atoms with E-state index in [1.165, 1.54) is 22.1 Å². The average Bonchev–Trinajstić information content (AvgIpc) is 3.43. The number of amides is 1. The number of aryl methyl sites for hydroxylation is 2. The fourth-order valence-corrected chi connectivity index (χ4v) is 4.38. The lowest BCUT2D eigenvalue weighted by Crippen LogP contribution is -2.28. The fraction of sp³-hybridized carbons (Fsp3) is 0.190. The summed E-state index contributed by atoms with van der Waals surface area (Å²) in [4.78, 5) is 26.3. The zero-order valence-corrected chi connectivity index (χ0v) is 15.9. The van der Waals surface area contributed by atoms with Crippen LogP contribution in [0.5, 0.6) is 0 Å². The molecule has 1 aliphatic carbocycles. The van der Waals surface area contributed by atoms with Crippen LogP contribution in [0.15, 0.2) is 59.0 Å². The number of hydrogen-bond donors (Lipinski definition) is 1. The van der Waals surface area contributed by atoms with E-state index in [2.05, 4.69) is 16.5 Å². The highest BCUT2D eigenvalue weighted by Gasteiger charge is 2.14. The Morgan fingerprint density at radius 1 is 1.14 bits per heavy atom. The van der Waals surface area contributed by atoms with Crippen LogP contribution < -0.4 is 10.9 Å². The average molecular weight is 390 g/mol. The summed E-state index contributed by atoms with van der Waals surface area (Å²) >= 11 is 1.57. The second kappa shape index (κ2) is 6.76. The van der Waals surface area contributed by atoms with Gasteiger partial charge in [0.15, 0.2) is 0 Å². The van der Waals surface area contributed by atoms with E-state index < -0.39 is 0 Å². The molecule has 1 amide bonds. The standard InChI is InChI=1S/C21H18N4O2S/c26-20(22-16-7-6-14-3-1-4-15(14)11-16)13-24-8-9-25-18(21(24)27)12-17(23-25)19-5-2-10-28-19/h2,5-12H,1,3-4,13H2,(H,22,26). The molecule has 1 aromatic carbocycles. The van der Waals surface area contributed by atoms with Crippen molar-refractivity contribution in [2.24, 2.45) is 0 Å². The Balaban J connectivity index is 1.38. The number of nitrogens with zero attached hydrogens (tertiary/aromatic N) is 3. The number of carbonyl (C=O) groups excluding carboxylic acids is 1. The Morgan fingerprint density at radius 3 is 2.89 bits per heavy atom. The number of thiophene rings is 1. The minimum Gasteiger partial charge on any atom is -0.325 e. The summed E-state index contributed by atoms with van der Waals surface area (Å²) in [5.74, 6) is -0.220. The number of rotatable bonds is 4. The minimum atomic E-state index is -0.234. The van der Waals surface area contributed by atoms with Crippen LogP contribution >= 0.6 is 11.3 Å². The Hall–Kier alpha value is -3.19. The van der Waals surface area contributed by atoms with Crippen molar-refractivity contribution in [1.29, 1.82) is 0 Å². The quantitative estimate of drug-likeness (QED) is 0.581. The Kier molecular flexibility index (Phi) is 4.09. The summed E-state index contributed by atoms with van der Waals surface area (Å²) in [7, 11) is 0. The normalized spacial score (nSPS) is 13.0. The van der Waals surface area contributed by atoms with Crippen molar-refractivity contribution in [3.63, 3.8) is 0 Å². The van der Waals surface area contributed by atoms with E-state index in [9.17, 15) is 9.59 Å². The molecule has 7 heteroatoms. The van der Waals surface area contributed by atoms with Crippen LogP contribution in [-0.4, -0.2) is 20.1 Å². The van der Waals surface area contributed by atoms with E-state index in [0.717, 1.165) is 29.1 Å². The molecule has 1 aliphatic rings. The third-order valence-corrected chi connectivity index (χ3v) is 5.97. The molecule has 28 heavy (non-hydrogen) atoms. The predicted octanol–water partition coefficient (Wildman–Crippen LogP) is 3.35. The van der Waals surface area contributed by atoms with Crippen LogP contribution in [0, 0.1) is 0 Å². The monoisotopic (exact) mass is 390 g/mol. The number of carbonyl (C=O) groups is 1. The Morgan fingerprint density at radius 2 is 2.04 bits per heavy atom. The van der Waals surface area contributed by atoms with Gasteiger partial charge in [-0.1, -0.05) is 12.1 Å². The molecule has 0 aliphatic heterocycles. The van der Waals surface area contributed by atoms with Crippen LogP contribution in [0.3, 0.4) is 0 Å². The Labute approximate surface area is 165 Å². The summed E-state index contributed by atoms with van der Waals surface area (Å²) < 4.78 is 2.98. The van der Waals surface area contributed by atoms with Crippen LogP contribution in [0.1, 0.15) is 17.5 Å². The highest BCUT2D eigenvalue weighted by atomic mass is 32.1. The van der Waals surface area contributed by atoms with Crippen molar-refractivity contribution in [2.45, 2.75) is 25.8 Å². The first-order valence-corrected chi connectivity index (χ1v) is 10.1. The molecule has 0 fully saturated rings. The van der Waals surface area contributed by atoms with E-state index in [-0.39, 0.29) is 18.0 Å². The molecular weight excluding hydrogens is 372 g/mol. The van der Waals surface area contributed by atoms with E-state index in [1.807, 2.05) is 29.6 Å². The van der Waals surface area contributed by atoms with Gasteiger partial charge in [-0.05, 0) is 60.0 Å². The molecule has 0 bridgehead atoms. The minimum absolute atomic E-state index is 0.0358. The first-order valence-electron chi connectivity index (χ1n) is 9.22. The van der Waals surface area contributed by atoms with Gasteiger partial charge < -0.3 is 9.88 Å². The maximum absolute atomic E-state index is 12.8. The number of aromatic nitrogens is 3. The zero-order valence-electron chi connectivity index (χ0n) is 15.1. The molecule has 0 spiro atoms. The maximum Gasteiger partial charge on any atom is 0.277 e. The van der Waals surface area contributed by atoms with Gasteiger partial charge in [0.25, 0.3) is 5.56 Å². The SMILES string of the molecule is O=C(Cn1ccn2nc(-c3cccs3)cc2c1=O)Nc1ccc2c(c1)CCC2. The van der Waals surface area contributed by atoms with Crippen LogP contribution in [0.4, 0.5) is 5.69 Å². The van der Waals surface area contributed by atoms with E-state index in [1.54, 1.807) is 34.3 Å². The van der Waals surface area contributed by atoms with E-state index in [0.29, 0.717) is 5.52 Å². The molecule has 0 saturated carbocycles. The second-order valence-electron chi connectivity index (χ2n) is 6.95. The van der Waals surface area contributed by atoms with Crippen molar-refractivity contribution in [3.8, 4) is 10.6 Å². The van der Waals surface area contributed by atoms with Gasteiger partial charge in [0.05, 0.1) is 4.88 Å². The molecular formula is C21H18N4O2S. The lowest BCUT2D eigenvalue weighted by Gasteiger charge is -2.09. The summed E-state index contributed by atoms with van der Waals surface area (Å²) in [6.45, 7) is -0.0358. The lowest BCUT2D eigenvalue weighted by molar-refractivity contribution is -0.116. The van der Waals surface area contributed by atoms with Crippen molar-refractivity contribution < 1.29 is 4.79 Å². The fourth-order valence-electron chi connectivity index (χ4n) is 3.70. The molecule has 0 saturated heterocycles.